The largest absolute Gasteiger partial charge is 0.497 e. The van der Waals surface area contributed by atoms with Crippen LogP contribution >= 0.6 is 0 Å². The lowest BCUT2D eigenvalue weighted by atomic mass is 9.98. The van der Waals surface area contributed by atoms with Crippen LogP contribution in [0.15, 0.2) is 23.1 Å². The topological polar surface area (TPSA) is 67.9 Å². The van der Waals surface area contributed by atoms with Crippen molar-refractivity contribution in [3.05, 3.63) is 18.2 Å². The summed E-state index contributed by atoms with van der Waals surface area (Å²) in [5.41, 5.74) is 0. The number of rotatable bonds is 6. The fourth-order valence-corrected chi connectivity index (χ4v) is 4.24. The van der Waals surface area contributed by atoms with Gasteiger partial charge in [-0.05, 0) is 32.4 Å². The van der Waals surface area contributed by atoms with Gasteiger partial charge in [0.05, 0.1) is 19.1 Å². The summed E-state index contributed by atoms with van der Waals surface area (Å²) in [5, 5.41) is 3.15. The normalized spacial score (nSPS) is 17.4. The Bertz CT molecular complexity index is 573. The van der Waals surface area contributed by atoms with Crippen LogP contribution in [0, 0.1) is 5.92 Å². The summed E-state index contributed by atoms with van der Waals surface area (Å²) in [7, 11) is 1.43. The molecule has 0 spiro atoms. The van der Waals surface area contributed by atoms with E-state index in [9.17, 15) is 8.42 Å². The summed E-state index contributed by atoms with van der Waals surface area (Å²) in [5.74, 6) is 1.49. The summed E-state index contributed by atoms with van der Waals surface area (Å²) >= 11 is 0. The van der Waals surface area contributed by atoms with Crippen LogP contribution in [0.25, 0.3) is 0 Å². The third-order valence-electron chi connectivity index (χ3n) is 4.03. The minimum absolute atomic E-state index is 0.218. The molecule has 6 nitrogen and oxygen atoms in total. The molecule has 0 aromatic heterocycles. The summed E-state index contributed by atoms with van der Waals surface area (Å²) in [6, 6.07) is 4.74. The molecule has 0 saturated carbocycles. The highest BCUT2D eigenvalue weighted by Gasteiger charge is 2.29. The molecule has 1 aromatic carbocycles. The summed E-state index contributed by atoms with van der Waals surface area (Å²) in [6.45, 7) is 2.03. The van der Waals surface area contributed by atoms with E-state index in [2.05, 4.69) is 5.32 Å². The Hall–Kier alpha value is -1.31. The van der Waals surface area contributed by atoms with Gasteiger partial charge in [-0.25, -0.2) is 8.42 Å². The van der Waals surface area contributed by atoms with E-state index in [0.717, 1.165) is 19.4 Å². The smallest absolute Gasteiger partial charge is 0.243 e. The Morgan fingerprint density at radius 3 is 2.14 bits per heavy atom. The number of nitrogens with zero attached hydrogens (tertiary/aromatic N) is 1. The van der Waals surface area contributed by atoms with Crippen molar-refractivity contribution in [1.82, 2.24) is 9.62 Å². The van der Waals surface area contributed by atoms with Crippen molar-refractivity contribution < 1.29 is 17.9 Å². The Labute approximate surface area is 132 Å². The van der Waals surface area contributed by atoms with Gasteiger partial charge >= 0.3 is 0 Å². The fourth-order valence-electron chi connectivity index (χ4n) is 2.72. The Balaban J connectivity index is 2.20. The molecular formula is C15H24N2O4S. The molecule has 1 aromatic rings. The van der Waals surface area contributed by atoms with E-state index in [1.807, 2.05) is 7.05 Å². The molecule has 0 unspecified atom stereocenters. The Morgan fingerprint density at radius 1 is 1.14 bits per heavy atom. The number of nitrogens with one attached hydrogen (secondary N) is 1. The molecule has 0 atom stereocenters. The third kappa shape index (κ3) is 3.71. The van der Waals surface area contributed by atoms with E-state index in [4.69, 9.17) is 9.47 Å². The SMILES string of the molecule is CNCC1CCN(S(=O)(=O)c2cc(OC)cc(OC)c2)CC1. The summed E-state index contributed by atoms with van der Waals surface area (Å²) in [6.07, 6.45) is 1.75. The standard InChI is InChI=1S/C15H24N2O4S/c1-16-11-12-4-6-17(7-5-12)22(18,19)15-9-13(20-2)8-14(10-15)21-3/h8-10,12,16H,4-7,11H2,1-3H3. The average molecular weight is 328 g/mol. The highest BCUT2D eigenvalue weighted by atomic mass is 32.2. The number of hydrogen-bond donors (Lipinski definition) is 1. The highest BCUT2D eigenvalue weighted by molar-refractivity contribution is 7.89. The molecule has 1 fully saturated rings. The molecule has 22 heavy (non-hydrogen) atoms. The molecule has 0 amide bonds. The van der Waals surface area contributed by atoms with Crippen LogP contribution in [-0.2, 0) is 10.0 Å². The predicted octanol–water partition coefficient (Wildman–Crippen LogP) is 1.32. The first kappa shape index (κ1) is 17.1. The van der Waals surface area contributed by atoms with Crippen molar-refractivity contribution in [1.29, 1.82) is 0 Å². The molecular weight excluding hydrogens is 304 g/mol. The van der Waals surface area contributed by atoms with Gasteiger partial charge in [0.15, 0.2) is 0 Å². The van der Waals surface area contributed by atoms with Crippen LogP contribution in [0.3, 0.4) is 0 Å². The van der Waals surface area contributed by atoms with Crippen LogP contribution in [0.2, 0.25) is 0 Å². The highest BCUT2D eigenvalue weighted by Crippen LogP contribution is 2.29. The molecule has 1 N–H and O–H groups in total. The minimum atomic E-state index is -3.51. The second kappa shape index (κ2) is 7.30. The number of methoxy groups -OCH3 is 2. The zero-order chi connectivity index (χ0) is 16.2. The van der Waals surface area contributed by atoms with Crippen LogP contribution in [0.4, 0.5) is 0 Å². The zero-order valence-corrected chi connectivity index (χ0v) is 14.1. The van der Waals surface area contributed by atoms with Crippen molar-refractivity contribution in [2.75, 3.05) is 40.9 Å². The first-order chi connectivity index (χ1) is 10.5. The van der Waals surface area contributed by atoms with Crippen molar-refractivity contribution in [3.63, 3.8) is 0 Å². The first-order valence-electron chi connectivity index (χ1n) is 7.39. The van der Waals surface area contributed by atoms with Gasteiger partial charge in [0.25, 0.3) is 0 Å². The maximum absolute atomic E-state index is 12.8. The van der Waals surface area contributed by atoms with E-state index in [0.29, 0.717) is 30.5 Å². The molecule has 0 bridgehead atoms. The van der Waals surface area contributed by atoms with Gasteiger partial charge in [0.1, 0.15) is 11.5 Å². The zero-order valence-electron chi connectivity index (χ0n) is 13.3. The maximum atomic E-state index is 12.8. The predicted molar refractivity (Wildman–Crippen MR) is 85.0 cm³/mol. The van der Waals surface area contributed by atoms with E-state index < -0.39 is 10.0 Å². The molecule has 1 saturated heterocycles. The van der Waals surface area contributed by atoms with Crippen molar-refractivity contribution in [2.45, 2.75) is 17.7 Å². The van der Waals surface area contributed by atoms with Crippen LogP contribution in [0.5, 0.6) is 11.5 Å². The Morgan fingerprint density at radius 2 is 1.68 bits per heavy atom. The van der Waals surface area contributed by atoms with Gasteiger partial charge in [-0.15, -0.1) is 0 Å². The lowest BCUT2D eigenvalue weighted by Crippen LogP contribution is -2.40. The number of hydrogen-bond acceptors (Lipinski definition) is 5. The molecule has 1 aliphatic rings. The van der Waals surface area contributed by atoms with Gasteiger partial charge in [-0.3, -0.25) is 0 Å². The number of piperidine rings is 1. The van der Waals surface area contributed by atoms with Crippen molar-refractivity contribution in [3.8, 4) is 11.5 Å². The lowest BCUT2D eigenvalue weighted by Gasteiger charge is -2.31. The van der Waals surface area contributed by atoms with E-state index in [1.54, 1.807) is 10.4 Å². The molecule has 1 heterocycles. The number of ether oxygens (including phenoxy) is 2. The van der Waals surface area contributed by atoms with E-state index in [1.165, 1.54) is 26.4 Å². The van der Waals surface area contributed by atoms with Gasteiger partial charge in [-0.2, -0.15) is 4.31 Å². The minimum Gasteiger partial charge on any atom is -0.497 e. The molecule has 0 radical (unpaired) electrons. The molecule has 7 heteroatoms. The van der Waals surface area contributed by atoms with Gasteiger partial charge in [0, 0.05) is 31.3 Å². The van der Waals surface area contributed by atoms with Crippen molar-refractivity contribution >= 4 is 10.0 Å². The molecule has 2 rings (SSSR count). The molecule has 124 valence electrons. The summed E-state index contributed by atoms with van der Waals surface area (Å²) < 4.78 is 37.4. The van der Waals surface area contributed by atoms with Crippen LogP contribution in [-0.4, -0.2) is 53.6 Å². The van der Waals surface area contributed by atoms with Gasteiger partial charge in [-0.1, -0.05) is 0 Å². The monoisotopic (exact) mass is 328 g/mol. The number of sulfonamides is 1. The third-order valence-corrected chi connectivity index (χ3v) is 5.91. The van der Waals surface area contributed by atoms with E-state index in [-0.39, 0.29) is 4.90 Å². The maximum Gasteiger partial charge on any atom is 0.243 e. The second-order valence-corrected chi connectivity index (χ2v) is 7.39. The quantitative estimate of drug-likeness (QED) is 0.853. The first-order valence-corrected chi connectivity index (χ1v) is 8.83. The van der Waals surface area contributed by atoms with Crippen LogP contribution < -0.4 is 14.8 Å². The van der Waals surface area contributed by atoms with Gasteiger partial charge in [0.2, 0.25) is 10.0 Å². The number of benzene rings is 1. The van der Waals surface area contributed by atoms with Gasteiger partial charge < -0.3 is 14.8 Å². The van der Waals surface area contributed by atoms with Crippen molar-refractivity contribution in [2.24, 2.45) is 5.92 Å². The Kier molecular flexibility index (Phi) is 5.66. The van der Waals surface area contributed by atoms with Crippen LogP contribution in [0.1, 0.15) is 12.8 Å². The molecule has 0 aliphatic carbocycles. The lowest BCUT2D eigenvalue weighted by molar-refractivity contribution is 0.270. The van der Waals surface area contributed by atoms with E-state index >= 15 is 0 Å². The summed E-state index contributed by atoms with van der Waals surface area (Å²) in [4.78, 5) is 0.218. The average Bonchev–Trinajstić information content (AvgIpc) is 2.55. The molecule has 1 aliphatic heterocycles. The fraction of sp³-hybridized carbons (Fsp3) is 0.600. The second-order valence-electron chi connectivity index (χ2n) is 5.45.